The van der Waals surface area contributed by atoms with E-state index >= 15 is 0 Å². The van der Waals surface area contributed by atoms with E-state index in [1.807, 2.05) is 57.2 Å². The Labute approximate surface area is 210 Å². The highest BCUT2D eigenvalue weighted by Gasteiger charge is 2.28. The molecule has 2 aromatic carbocycles. The molecule has 0 unspecified atom stereocenters. The summed E-state index contributed by atoms with van der Waals surface area (Å²) >= 11 is 0. The molecule has 1 fully saturated rings. The highest BCUT2D eigenvalue weighted by Crippen LogP contribution is 2.29. The summed E-state index contributed by atoms with van der Waals surface area (Å²) in [5.41, 5.74) is 2.16. The lowest BCUT2D eigenvalue weighted by molar-refractivity contribution is -0.140. The zero-order chi connectivity index (χ0) is 25.0. The van der Waals surface area contributed by atoms with Crippen molar-refractivity contribution >= 4 is 11.8 Å². The average Bonchev–Trinajstić information content (AvgIpc) is 3.38. The first kappa shape index (κ1) is 26.6. The van der Waals surface area contributed by atoms with Crippen LogP contribution in [0.3, 0.4) is 0 Å². The number of amides is 2. The number of benzene rings is 2. The van der Waals surface area contributed by atoms with Crippen molar-refractivity contribution in [1.82, 2.24) is 10.2 Å². The van der Waals surface area contributed by atoms with Crippen molar-refractivity contribution in [2.75, 3.05) is 19.8 Å². The summed E-state index contributed by atoms with van der Waals surface area (Å²) < 4.78 is 11.4. The molecule has 0 aliphatic heterocycles. The first-order valence-corrected chi connectivity index (χ1v) is 13.0. The van der Waals surface area contributed by atoms with Crippen molar-refractivity contribution in [3.05, 3.63) is 59.7 Å². The molecule has 6 nitrogen and oxygen atoms in total. The summed E-state index contributed by atoms with van der Waals surface area (Å²) in [6.07, 6.45) is 5.97. The Morgan fingerprint density at radius 2 is 1.63 bits per heavy atom. The maximum atomic E-state index is 13.4. The van der Waals surface area contributed by atoms with Gasteiger partial charge in [0, 0.05) is 19.0 Å². The van der Waals surface area contributed by atoms with Crippen LogP contribution < -0.4 is 14.8 Å². The molecule has 0 radical (unpaired) electrons. The number of carbonyl (C=O) groups is 2. The minimum Gasteiger partial charge on any atom is -0.490 e. The lowest BCUT2D eigenvalue weighted by Crippen LogP contribution is -2.50. The molecular weight excluding hydrogens is 440 g/mol. The molecule has 2 amide bonds. The standard InChI is InChI=1S/C29H40N2O4/c1-4-34-26-17-15-24(21-27(26)35-5-2)16-18-28(32)31(20-19-23-11-7-6-8-12-23)22(3)29(33)30-25-13-9-10-14-25/h6-8,11-12,15,17,21-22,25H,4-5,9-10,13-14,16,18-20H2,1-3H3,(H,30,33)/t22-/m0/s1. The van der Waals surface area contributed by atoms with E-state index in [-0.39, 0.29) is 17.9 Å². The number of nitrogens with zero attached hydrogens (tertiary/aromatic N) is 1. The van der Waals surface area contributed by atoms with Crippen LogP contribution in [0.2, 0.25) is 0 Å². The zero-order valence-electron chi connectivity index (χ0n) is 21.4. The van der Waals surface area contributed by atoms with Gasteiger partial charge < -0.3 is 19.7 Å². The molecule has 1 N–H and O–H groups in total. The van der Waals surface area contributed by atoms with Gasteiger partial charge in [-0.25, -0.2) is 0 Å². The largest absolute Gasteiger partial charge is 0.490 e. The predicted octanol–water partition coefficient (Wildman–Crippen LogP) is 4.94. The Balaban J connectivity index is 1.67. The second-order valence-corrected chi connectivity index (χ2v) is 9.14. The fraction of sp³-hybridized carbons (Fsp3) is 0.517. The van der Waals surface area contributed by atoms with Gasteiger partial charge in [0.15, 0.2) is 11.5 Å². The molecule has 1 saturated carbocycles. The molecule has 3 rings (SSSR count). The van der Waals surface area contributed by atoms with Crippen molar-refractivity contribution in [3.63, 3.8) is 0 Å². The van der Waals surface area contributed by atoms with E-state index in [4.69, 9.17) is 9.47 Å². The summed E-state index contributed by atoms with van der Waals surface area (Å²) in [5, 5.41) is 3.16. The Kier molecular flexibility index (Phi) is 10.5. The summed E-state index contributed by atoms with van der Waals surface area (Å²) in [4.78, 5) is 28.1. The molecule has 190 valence electrons. The Hall–Kier alpha value is -3.02. The van der Waals surface area contributed by atoms with Gasteiger partial charge in [-0.1, -0.05) is 49.2 Å². The fourth-order valence-corrected chi connectivity index (χ4v) is 4.61. The lowest BCUT2D eigenvalue weighted by Gasteiger charge is -2.30. The number of aryl methyl sites for hydroxylation is 1. The SMILES string of the molecule is CCOc1ccc(CCC(=O)N(CCc2ccccc2)[C@@H](C)C(=O)NC2CCCC2)cc1OCC. The zero-order valence-corrected chi connectivity index (χ0v) is 21.4. The predicted molar refractivity (Wildman–Crippen MR) is 139 cm³/mol. The molecule has 6 heteroatoms. The molecule has 2 aromatic rings. The van der Waals surface area contributed by atoms with Crippen molar-refractivity contribution < 1.29 is 19.1 Å². The number of ether oxygens (including phenoxy) is 2. The highest BCUT2D eigenvalue weighted by molar-refractivity contribution is 5.87. The van der Waals surface area contributed by atoms with E-state index in [0.717, 1.165) is 36.8 Å². The van der Waals surface area contributed by atoms with Crippen LogP contribution in [-0.4, -0.2) is 48.6 Å². The van der Waals surface area contributed by atoms with Crippen LogP contribution in [0, 0.1) is 0 Å². The van der Waals surface area contributed by atoms with Crippen LogP contribution in [0.5, 0.6) is 11.5 Å². The van der Waals surface area contributed by atoms with Gasteiger partial charge in [0.25, 0.3) is 0 Å². The first-order chi connectivity index (χ1) is 17.0. The molecule has 1 aliphatic rings. The monoisotopic (exact) mass is 480 g/mol. The number of hydrogen-bond acceptors (Lipinski definition) is 4. The van der Waals surface area contributed by atoms with Crippen molar-refractivity contribution in [1.29, 1.82) is 0 Å². The third-order valence-electron chi connectivity index (χ3n) is 6.59. The molecule has 0 aromatic heterocycles. The lowest BCUT2D eigenvalue weighted by atomic mass is 10.1. The topological polar surface area (TPSA) is 67.9 Å². The molecule has 1 atom stereocenters. The average molecular weight is 481 g/mol. The van der Waals surface area contributed by atoms with Gasteiger partial charge >= 0.3 is 0 Å². The minimum atomic E-state index is -0.508. The Morgan fingerprint density at radius 3 is 2.31 bits per heavy atom. The van der Waals surface area contributed by atoms with Gasteiger partial charge in [0.05, 0.1) is 13.2 Å². The summed E-state index contributed by atoms with van der Waals surface area (Å²) in [5.74, 6) is 1.34. The van der Waals surface area contributed by atoms with Gasteiger partial charge in [0.1, 0.15) is 6.04 Å². The van der Waals surface area contributed by atoms with Crippen LogP contribution in [0.25, 0.3) is 0 Å². The van der Waals surface area contributed by atoms with E-state index < -0.39 is 6.04 Å². The van der Waals surface area contributed by atoms with Crippen LogP contribution in [0.1, 0.15) is 64.0 Å². The molecular formula is C29H40N2O4. The normalized spacial score (nSPS) is 14.4. The van der Waals surface area contributed by atoms with Crippen LogP contribution >= 0.6 is 0 Å². The van der Waals surface area contributed by atoms with Gasteiger partial charge in [-0.15, -0.1) is 0 Å². The third-order valence-corrected chi connectivity index (χ3v) is 6.59. The van der Waals surface area contributed by atoms with Gasteiger partial charge in [-0.3, -0.25) is 9.59 Å². The molecule has 0 bridgehead atoms. The Bertz CT molecular complexity index is 941. The van der Waals surface area contributed by atoms with E-state index in [2.05, 4.69) is 17.4 Å². The first-order valence-electron chi connectivity index (χ1n) is 13.0. The van der Waals surface area contributed by atoms with E-state index in [1.165, 1.54) is 0 Å². The molecule has 0 spiro atoms. The second-order valence-electron chi connectivity index (χ2n) is 9.14. The maximum absolute atomic E-state index is 13.4. The van der Waals surface area contributed by atoms with Gasteiger partial charge in [0.2, 0.25) is 11.8 Å². The van der Waals surface area contributed by atoms with Gasteiger partial charge in [-0.2, -0.15) is 0 Å². The third kappa shape index (κ3) is 8.01. The summed E-state index contributed by atoms with van der Waals surface area (Å²) in [7, 11) is 0. The summed E-state index contributed by atoms with van der Waals surface area (Å²) in [6.45, 7) is 7.34. The molecule has 0 saturated heterocycles. The van der Waals surface area contributed by atoms with Crippen molar-refractivity contribution in [2.24, 2.45) is 0 Å². The van der Waals surface area contributed by atoms with Crippen molar-refractivity contribution in [3.8, 4) is 11.5 Å². The van der Waals surface area contributed by atoms with E-state index in [9.17, 15) is 9.59 Å². The van der Waals surface area contributed by atoms with Crippen LogP contribution in [0.4, 0.5) is 0 Å². The van der Waals surface area contributed by atoms with Crippen molar-refractivity contribution in [2.45, 2.75) is 77.8 Å². The number of rotatable bonds is 13. The number of carbonyl (C=O) groups excluding carboxylic acids is 2. The second kappa shape index (κ2) is 13.8. The highest BCUT2D eigenvalue weighted by atomic mass is 16.5. The van der Waals surface area contributed by atoms with E-state index in [0.29, 0.717) is 50.5 Å². The fourth-order valence-electron chi connectivity index (χ4n) is 4.61. The number of nitrogens with one attached hydrogen (secondary N) is 1. The maximum Gasteiger partial charge on any atom is 0.242 e. The van der Waals surface area contributed by atoms with Gasteiger partial charge in [-0.05, 0) is 69.7 Å². The van der Waals surface area contributed by atoms with Crippen LogP contribution in [-0.2, 0) is 22.4 Å². The smallest absolute Gasteiger partial charge is 0.242 e. The summed E-state index contributed by atoms with van der Waals surface area (Å²) in [6, 6.07) is 15.7. The molecule has 1 aliphatic carbocycles. The van der Waals surface area contributed by atoms with Crippen LogP contribution in [0.15, 0.2) is 48.5 Å². The number of hydrogen-bond donors (Lipinski definition) is 1. The quantitative estimate of drug-likeness (QED) is 0.441. The molecule has 35 heavy (non-hydrogen) atoms. The minimum absolute atomic E-state index is 0.0122. The van der Waals surface area contributed by atoms with E-state index in [1.54, 1.807) is 4.90 Å². The Morgan fingerprint density at radius 1 is 0.943 bits per heavy atom. The molecule has 0 heterocycles.